The summed E-state index contributed by atoms with van der Waals surface area (Å²) in [6, 6.07) is 7.17. The van der Waals surface area contributed by atoms with Gasteiger partial charge in [0.2, 0.25) is 5.91 Å². The Balaban J connectivity index is 2.19. The van der Waals surface area contributed by atoms with Gasteiger partial charge < -0.3 is 10.0 Å². The number of hydrogen-bond donors (Lipinski definition) is 1. The number of amides is 1. The van der Waals surface area contributed by atoms with Gasteiger partial charge in [-0.1, -0.05) is 23.7 Å². The third kappa shape index (κ3) is 2.34. The van der Waals surface area contributed by atoms with Gasteiger partial charge in [0, 0.05) is 12.1 Å². The maximum absolute atomic E-state index is 12.3. The molecular formula is C13H14ClNO3. The molecule has 0 atom stereocenters. The second kappa shape index (κ2) is 4.61. The topological polar surface area (TPSA) is 57.6 Å². The lowest BCUT2D eigenvalue weighted by Gasteiger charge is -2.22. The van der Waals surface area contributed by atoms with Crippen LogP contribution in [-0.4, -0.2) is 35.5 Å². The standard InChI is InChI=1S/C13H14ClNO3/c1-15(8-11(16)17)12(18)13(6-7-13)9-2-4-10(14)5-3-9/h2-5H,6-8H2,1H3,(H,16,17). The lowest BCUT2D eigenvalue weighted by molar-refractivity contribution is -0.144. The van der Waals surface area contributed by atoms with E-state index in [9.17, 15) is 9.59 Å². The molecule has 0 aliphatic heterocycles. The predicted molar refractivity (Wildman–Crippen MR) is 67.6 cm³/mol. The zero-order valence-electron chi connectivity index (χ0n) is 10.0. The molecule has 1 fully saturated rings. The van der Waals surface area contributed by atoms with Crippen LogP contribution in [0.25, 0.3) is 0 Å². The second-order valence-corrected chi connectivity index (χ2v) is 5.08. The number of rotatable bonds is 4. The molecule has 1 N–H and O–H groups in total. The van der Waals surface area contributed by atoms with Crippen molar-refractivity contribution >= 4 is 23.5 Å². The smallest absolute Gasteiger partial charge is 0.323 e. The predicted octanol–water partition coefficient (Wildman–Crippen LogP) is 1.91. The normalized spacial score (nSPS) is 16.1. The molecule has 1 aliphatic rings. The molecule has 1 amide bonds. The molecule has 4 nitrogen and oxygen atoms in total. The van der Waals surface area contributed by atoms with Gasteiger partial charge in [-0.2, -0.15) is 0 Å². The second-order valence-electron chi connectivity index (χ2n) is 4.64. The molecule has 96 valence electrons. The molecule has 1 saturated carbocycles. The molecule has 0 radical (unpaired) electrons. The minimum atomic E-state index is -1.00. The van der Waals surface area contributed by atoms with Gasteiger partial charge in [0.15, 0.2) is 0 Å². The zero-order valence-corrected chi connectivity index (χ0v) is 10.8. The number of benzene rings is 1. The van der Waals surface area contributed by atoms with Crippen LogP contribution in [0.15, 0.2) is 24.3 Å². The van der Waals surface area contributed by atoms with E-state index in [0.29, 0.717) is 5.02 Å². The van der Waals surface area contributed by atoms with Crippen LogP contribution in [-0.2, 0) is 15.0 Å². The van der Waals surface area contributed by atoms with Gasteiger partial charge in [-0.05, 0) is 30.5 Å². The Morgan fingerprint density at radius 2 is 1.89 bits per heavy atom. The Morgan fingerprint density at radius 1 is 1.33 bits per heavy atom. The van der Waals surface area contributed by atoms with Crippen molar-refractivity contribution in [2.45, 2.75) is 18.3 Å². The van der Waals surface area contributed by atoms with E-state index < -0.39 is 11.4 Å². The van der Waals surface area contributed by atoms with Crippen molar-refractivity contribution in [2.24, 2.45) is 0 Å². The van der Waals surface area contributed by atoms with Crippen LogP contribution >= 0.6 is 11.6 Å². The fourth-order valence-electron chi connectivity index (χ4n) is 2.16. The van der Waals surface area contributed by atoms with E-state index in [1.54, 1.807) is 12.1 Å². The molecule has 0 unspecified atom stereocenters. The number of carbonyl (C=O) groups excluding carboxylic acids is 1. The van der Waals surface area contributed by atoms with E-state index in [1.165, 1.54) is 11.9 Å². The number of carboxylic acids is 1. The van der Waals surface area contributed by atoms with E-state index in [1.807, 2.05) is 12.1 Å². The number of nitrogens with zero attached hydrogens (tertiary/aromatic N) is 1. The summed E-state index contributed by atoms with van der Waals surface area (Å²) in [6.07, 6.45) is 1.52. The maximum atomic E-state index is 12.3. The first kappa shape index (κ1) is 12.9. The molecule has 2 rings (SSSR count). The van der Waals surface area contributed by atoms with Crippen LogP contribution < -0.4 is 0 Å². The van der Waals surface area contributed by atoms with Crippen LogP contribution in [0, 0.1) is 0 Å². The van der Waals surface area contributed by atoms with E-state index in [-0.39, 0.29) is 12.5 Å². The van der Waals surface area contributed by atoms with Crippen molar-refractivity contribution in [3.8, 4) is 0 Å². The first-order valence-corrected chi connectivity index (χ1v) is 6.07. The number of aliphatic carboxylic acids is 1. The molecule has 1 aliphatic carbocycles. The summed E-state index contributed by atoms with van der Waals surface area (Å²) in [5, 5.41) is 9.34. The SMILES string of the molecule is CN(CC(=O)O)C(=O)C1(c2ccc(Cl)cc2)CC1. The van der Waals surface area contributed by atoms with E-state index in [0.717, 1.165) is 18.4 Å². The number of carboxylic acid groups (broad SMARTS) is 1. The van der Waals surface area contributed by atoms with Crippen LogP contribution in [0.1, 0.15) is 18.4 Å². The molecule has 0 heterocycles. The summed E-state index contributed by atoms with van der Waals surface area (Å²) in [6.45, 7) is -0.270. The maximum Gasteiger partial charge on any atom is 0.323 e. The fraction of sp³-hybridized carbons (Fsp3) is 0.385. The summed E-state index contributed by atoms with van der Waals surface area (Å²) >= 11 is 5.82. The number of halogens is 1. The van der Waals surface area contributed by atoms with Gasteiger partial charge in [-0.25, -0.2) is 0 Å². The summed E-state index contributed by atoms with van der Waals surface area (Å²) in [4.78, 5) is 24.2. The van der Waals surface area contributed by atoms with Crippen molar-refractivity contribution in [3.63, 3.8) is 0 Å². The minimum absolute atomic E-state index is 0.132. The molecule has 18 heavy (non-hydrogen) atoms. The minimum Gasteiger partial charge on any atom is -0.480 e. The average Bonchev–Trinajstić information content (AvgIpc) is 3.09. The molecule has 1 aromatic carbocycles. The molecule has 0 aromatic heterocycles. The largest absolute Gasteiger partial charge is 0.480 e. The third-order valence-corrected chi connectivity index (χ3v) is 3.53. The van der Waals surface area contributed by atoms with E-state index in [2.05, 4.69) is 0 Å². The van der Waals surface area contributed by atoms with Crippen LogP contribution in [0.4, 0.5) is 0 Å². The first-order chi connectivity index (χ1) is 8.45. The molecule has 0 spiro atoms. The molecule has 0 saturated heterocycles. The quantitative estimate of drug-likeness (QED) is 0.907. The highest BCUT2D eigenvalue weighted by molar-refractivity contribution is 6.30. The molecule has 1 aromatic rings. The van der Waals surface area contributed by atoms with Gasteiger partial charge in [-0.3, -0.25) is 9.59 Å². The molecular weight excluding hydrogens is 254 g/mol. The number of likely N-dealkylation sites (N-methyl/N-ethyl adjacent to an activating group) is 1. The van der Waals surface area contributed by atoms with E-state index >= 15 is 0 Å². The first-order valence-electron chi connectivity index (χ1n) is 5.69. The Bertz CT molecular complexity index is 480. The van der Waals surface area contributed by atoms with Crippen molar-refractivity contribution in [3.05, 3.63) is 34.9 Å². The molecule has 5 heteroatoms. The van der Waals surface area contributed by atoms with Crippen molar-refractivity contribution in [2.75, 3.05) is 13.6 Å². The lowest BCUT2D eigenvalue weighted by Crippen LogP contribution is -2.39. The summed E-state index contributed by atoms with van der Waals surface area (Å²) < 4.78 is 0. The zero-order chi connectivity index (χ0) is 13.3. The van der Waals surface area contributed by atoms with Crippen LogP contribution in [0.3, 0.4) is 0 Å². The van der Waals surface area contributed by atoms with Gasteiger partial charge in [-0.15, -0.1) is 0 Å². The van der Waals surface area contributed by atoms with Crippen LogP contribution in [0.2, 0.25) is 5.02 Å². The Morgan fingerprint density at radius 3 is 2.33 bits per heavy atom. The average molecular weight is 268 g/mol. The summed E-state index contributed by atoms with van der Waals surface area (Å²) in [5.74, 6) is -1.13. The van der Waals surface area contributed by atoms with Gasteiger partial charge in [0.25, 0.3) is 0 Å². The van der Waals surface area contributed by atoms with Crippen molar-refractivity contribution in [1.82, 2.24) is 4.90 Å². The third-order valence-electron chi connectivity index (χ3n) is 3.28. The van der Waals surface area contributed by atoms with Gasteiger partial charge >= 0.3 is 5.97 Å². The van der Waals surface area contributed by atoms with Crippen molar-refractivity contribution in [1.29, 1.82) is 0 Å². The molecule has 0 bridgehead atoms. The Labute approximate surface area is 110 Å². The Kier molecular flexibility index (Phi) is 3.30. The highest BCUT2D eigenvalue weighted by atomic mass is 35.5. The lowest BCUT2D eigenvalue weighted by atomic mass is 9.94. The summed E-state index contributed by atoms with van der Waals surface area (Å²) in [7, 11) is 1.52. The van der Waals surface area contributed by atoms with Crippen molar-refractivity contribution < 1.29 is 14.7 Å². The van der Waals surface area contributed by atoms with Gasteiger partial charge in [0.1, 0.15) is 6.54 Å². The highest BCUT2D eigenvalue weighted by Crippen LogP contribution is 2.49. The highest BCUT2D eigenvalue weighted by Gasteiger charge is 2.52. The number of hydrogen-bond acceptors (Lipinski definition) is 2. The number of carbonyl (C=O) groups is 2. The van der Waals surface area contributed by atoms with Crippen LogP contribution in [0.5, 0.6) is 0 Å². The van der Waals surface area contributed by atoms with E-state index in [4.69, 9.17) is 16.7 Å². The van der Waals surface area contributed by atoms with Gasteiger partial charge in [0.05, 0.1) is 5.41 Å². The monoisotopic (exact) mass is 267 g/mol. The Hall–Kier alpha value is -1.55. The fourth-order valence-corrected chi connectivity index (χ4v) is 2.29. The summed E-state index contributed by atoms with van der Waals surface area (Å²) in [5.41, 5.74) is 0.378.